The fraction of sp³-hybridized carbons (Fsp3) is 1.00. The molecule has 2 unspecified atom stereocenters. The fourth-order valence-corrected chi connectivity index (χ4v) is 1.22. The number of aliphatic hydroxyl groups excluding tert-OH is 1. The van der Waals surface area contributed by atoms with Gasteiger partial charge in [0.25, 0.3) is 0 Å². The van der Waals surface area contributed by atoms with Crippen LogP contribution in [0.5, 0.6) is 0 Å². The van der Waals surface area contributed by atoms with Gasteiger partial charge in [-0.2, -0.15) is 0 Å². The van der Waals surface area contributed by atoms with Crippen LogP contribution < -0.4 is 5.32 Å². The number of hydrogen-bond donors (Lipinski definition) is 2. The molecular weight excluding hydrogens is 180 g/mol. The van der Waals surface area contributed by atoms with E-state index in [9.17, 15) is 5.11 Å². The van der Waals surface area contributed by atoms with Crippen LogP contribution in [0.1, 0.15) is 13.3 Å². The van der Waals surface area contributed by atoms with Crippen molar-refractivity contribution in [1.82, 2.24) is 10.2 Å². The van der Waals surface area contributed by atoms with E-state index in [0.717, 1.165) is 13.0 Å². The highest BCUT2D eigenvalue weighted by molar-refractivity contribution is 4.66. The molecule has 0 saturated heterocycles. The molecule has 0 aromatic heterocycles. The van der Waals surface area contributed by atoms with Crippen molar-refractivity contribution < 1.29 is 9.84 Å². The number of aliphatic hydroxyl groups is 1. The van der Waals surface area contributed by atoms with Gasteiger partial charge in [-0.1, -0.05) is 0 Å². The van der Waals surface area contributed by atoms with Gasteiger partial charge in [0.2, 0.25) is 0 Å². The number of nitrogens with one attached hydrogen (secondary N) is 1. The number of rotatable bonds is 8. The number of hydrogen-bond acceptors (Lipinski definition) is 4. The lowest BCUT2D eigenvalue weighted by Crippen LogP contribution is -2.39. The molecule has 0 amide bonds. The molecule has 0 bridgehead atoms. The standard InChI is InChI=1S/C10H24N2O2/c1-9(5-6-14-4)11-7-10(13)8-12(2)3/h9-11,13H,5-8H2,1-4H3. The molecule has 0 aromatic rings. The third-order valence-corrected chi connectivity index (χ3v) is 2.03. The molecule has 14 heavy (non-hydrogen) atoms. The minimum absolute atomic E-state index is 0.296. The van der Waals surface area contributed by atoms with Crippen LogP contribution in [0.3, 0.4) is 0 Å². The average Bonchev–Trinajstić information content (AvgIpc) is 2.10. The van der Waals surface area contributed by atoms with Crippen molar-refractivity contribution in [2.24, 2.45) is 0 Å². The van der Waals surface area contributed by atoms with Crippen LogP contribution in [0.4, 0.5) is 0 Å². The molecule has 4 nitrogen and oxygen atoms in total. The molecule has 0 aromatic carbocycles. The summed E-state index contributed by atoms with van der Waals surface area (Å²) < 4.78 is 4.97. The molecule has 0 aliphatic rings. The first-order valence-corrected chi connectivity index (χ1v) is 5.11. The smallest absolute Gasteiger partial charge is 0.0791 e. The predicted molar refractivity (Wildman–Crippen MR) is 58.5 cm³/mol. The summed E-state index contributed by atoms with van der Waals surface area (Å²) in [6, 6.07) is 0.395. The first-order chi connectivity index (χ1) is 6.56. The lowest BCUT2D eigenvalue weighted by molar-refractivity contribution is 0.128. The summed E-state index contributed by atoms with van der Waals surface area (Å²) in [6.45, 7) is 4.20. The van der Waals surface area contributed by atoms with E-state index in [2.05, 4.69) is 12.2 Å². The van der Waals surface area contributed by atoms with Gasteiger partial charge in [-0.3, -0.25) is 0 Å². The van der Waals surface area contributed by atoms with Crippen molar-refractivity contribution in [3.63, 3.8) is 0 Å². The summed E-state index contributed by atoms with van der Waals surface area (Å²) >= 11 is 0. The summed E-state index contributed by atoms with van der Waals surface area (Å²) in [4.78, 5) is 1.98. The van der Waals surface area contributed by atoms with E-state index in [1.807, 2.05) is 19.0 Å². The lowest BCUT2D eigenvalue weighted by Gasteiger charge is -2.19. The maximum Gasteiger partial charge on any atom is 0.0791 e. The third-order valence-electron chi connectivity index (χ3n) is 2.03. The summed E-state index contributed by atoms with van der Waals surface area (Å²) in [5.74, 6) is 0. The Kier molecular flexibility index (Phi) is 8.08. The van der Waals surface area contributed by atoms with Crippen molar-refractivity contribution in [2.45, 2.75) is 25.5 Å². The molecule has 2 N–H and O–H groups in total. The van der Waals surface area contributed by atoms with Crippen LogP contribution in [0.15, 0.2) is 0 Å². The van der Waals surface area contributed by atoms with Gasteiger partial charge >= 0.3 is 0 Å². The van der Waals surface area contributed by atoms with Crippen molar-refractivity contribution in [1.29, 1.82) is 0 Å². The Balaban J connectivity index is 3.40. The molecule has 0 heterocycles. The molecular formula is C10H24N2O2. The first-order valence-electron chi connectivity index (χ1n) is 5.11. The van der Waals surface area contributed by atoms with Crippen LogP contribution in [0.2, 0.25) is 0 Å². The molecule has 0 spiro atoms. The number of likely N-dealkylation sites (N-methyl/N-ethyl adjacent to an activating group) is 1. The molecule has 0 saturated carbocycles. The second kappa shape index (κ2) is 8.17. The fourth-order valence-electron chi connectivity index (χ4n) is 1.22. The average molecular weight is 204 g/mol. The maximum atomic E-state index is 9.56. The quantitative estimate of drug-likeness (QED) is 0.581. The van der Waals surface area contributed by atoms with Gasteiger partial charge in [0.05, 0.1) is 6.10 Å². The predicted octanol–water partition coefficient (Wildman–Crippen LogP) is -0.0765. The zero-order valence-electron chi connectivity index (χ0n) is 9.79. The van der Waals surface area contributed by atoms with E-state index < -0.39 is 0 Å². The Hall–Kier alpha value is -0.160. The Bertz CT molecular complexity index is 131. The van der Waals surface area contributed by atoms with Crippen LogP contribution in [0, 0.1) is 0 Å². The van der Waals surface area contributed by atoms with Gasteiger partial charge in [0.15, 0.2) is 0 Å². The highest BCUT2D eigenvalue weighted by atomic mass is 16.5. The normalized spacial score (nSPS) is 15.9. The van der Waals surface area contributed by atoms with Crippen molar-refractivity contribution in [3.05, 3.63) is 0 Å². The van der Waals surface area contributed by atoms with Gasteiger partial charge in [0, 0.05) is 32.8 Å². The summed E-state index contributed by atoms with van der Waals surface area (Å²) in [6.07, 6.45) is 0.681. The monoisotopic (exact) mass is 204 g/mol. The Morgan fingerprint density at radius 1 is 1.43 bits per heavy atom. The Morgan fingerprint density at radius 3 is 2.57 bits per heavy atom. The second-order valence-corrected chi connectivity index (χ2v) is 4.01. The van der Waals surface area contributed by atoms with E-state index >= 15 is 0 Å². The topological polar surface area (TPSA) is 44.7 Å². The summed E-state index contributed by atoms with van der Waals surface area (Å²) in [7, 11) is 5.61. The highest BCUT2D eigenvalue weighted by Gasteiger charge is 2.07. The SMILES string of the molecule is COCCC(C)NCC(O)CN(C)C. The minimum atomic E-state index is -0.296. The van der Waals surface area contributed by atoms with Crippen LogP contribution >= 0.6 is 0 Å². The number of ether oxygens (including phenoxy) is 1. The van der Waals surface area contributed by atoms with Crippen molar-refractivity contribution >= 4 is 0 Å². The van der Waals surface area contributed by atoms with Crippen molar-refractivity contribution in [2.75, 3.05) is 40.9 Å². The minimum Gasteiger partial charge on any atom is -0.390 e. The zero-order valence-corrected chi connectivity index (χ0v) is 9.79. The molecule has 0 radical (unpaired) electrons. The van der Waals surface area contributed by atoms with E-state index in [1.54, 1.807) is 7.11 Å². The number of nitrogens with zero attached hydrogens (tertiary/aromatic N) is 1. The van der Waals surface area contributed by atoms with Gasteiger partial charge in [-0.15, -0.1) is 0 Å². The van der Waals surface area contributed by atoms with E-state index in [-0.39, 0.29) is 6.10 Å². The van der Waals surface area contributed by atoms with Gasteiger partial charge < -0.3 is 20.1 Å². The summed E-state index contributed by atoms with van der Waals surface area (Å²) in [5.41, 5.74) is 0. The van der Waals surface area contributed by atoms with Crippen molar-refractivity contribution in [3.8, 4) is 0 Å². The molecule has 0 aliphatic heterocycles. The van der Waals surface area contributed by atoms with Crippen LogP contribution in [-0.4, -0.2) is 63.1 Å². The molecule has 4 heteroatoms. The maximum absolute atomic E-state index is 9.56. The highest BCUT2D eigenvalue weighted by Crippen LogP contribution is 1.92. The zero-order chi connectivity index (χ0) is 11.0. The van der Waals surface area contributed by atoms with E-state index in [1.165, 1.54) is 0 Å². The van der Waals surface area contributed by atoms with E-state index in [4.69, 9.17) is 4.74 Å². The summed E-state index contributed by atoms with van der Waals surface area (Å²) in [5, 5.41) is 12.8. The Morgan fingerprint density at radius 2 is 2.07 bits per heavy atom. The molecule has 0 fully saturated rings. The Labute approximate surface area is 87.2 Å². The molecule has 2 atom stereocenters. The van der Waals surface area contributed by atoms with E-state index in [0.29, 0.717) is 19.1 Å². The number of methoxy groups -OCH3 is 1. The van der Waals surface area contributed by atoms with Crippen LogP contribution in [0.25, 0.3) is 0 Å². The van der Waals surface area contributed by atoms with Gasteiger partial charge in [-0.05, 0) is 27.4 Å². The molecule has 86 valence electrons. The third kappa shape index (κ3) is 8.44. The lowest BCUT2D eigenvalue weighted by atomic mass is 10.2. The largest absolute Gasteiger partial charge is 0.390 e. The molecule has 0 aliphatic carbocycles. The van der Waals surface area contributed by atoms with Gasteiger partial charge in [-0.25, -0.2) is 0 Å². The van der Waals surface area contributed by atoms with Crippen LogP contribution in [-0.2, 0) is 4.74 Å². The first kappa shape index (κ1) is 13.8. The second-order valence-electron chi connectivity index (χ2n) is 4.01. The van der Waals surface area contributed by atoms with Gasteiger partial charge in [0.1, 0.15) is 0 Å². The molecule has 0 rings (SSSR count).